The van der Waals surface area contributed by atoms with Crippen LogP contribution in [0.15, 0.2) is 24.3 Å². The van der Waals surface area contributed by atoms with Gasteiger partial charge in [-0.15, -0.1) is 0 Å². The van der Waals surface area contributed by atoms with E-state index in [0.29, 0.717) is 12.5 Å². The number of anilines is 1. The lowest BCUT2D eigenvalue weighted by Crippen LogP contribution is -2.43. The molecular weight excluding hydrogens is 254 g/mol. The Morgan fingerprint density at radius 1 is 1.35 bits per heavy atom. The number of para-hydroxylation sites is 2. The molecule has 0 amide bonds. The summed E-state index contributed by atoms with van der Waals surface area (Å²) in [6.45, 7) is 3.50. The molecule has 0 aliphatic carbocycles. The fourth-order valence-corrected chi connectivity index (χ4v) is 3.11. The van der Waals surface area contributed by atoms with Gasteiger partial charge in [0.25, 0.3) is 0 Å². The second kappa shape index (κ2) is 4.81. The summed E-state index contributed by atoms with van der Waals surface area (Å²) in [5.74, 6) is 0.215. The van der Waals surface area contributed by atoms with Gasteiger partial charge in [-0.05, 0) is 24.5 Å². The molecule has 1 aliphatic rings. The zero-order valence-electron chi connectivity index (χ0n) is 11.8. The molecule has 1 aromatic heterocycles. The van der Waals surface area contributed by atoms with Crippen molar-refractivity contribution in [1.29, 1.82) is 0 Å². The first kappa shape index (κ1) is 13.0. The van der Waals surface area contributed by atoms with Crippen molar-refractivity contribution in [3.8, 4) is 0 Å². The van der Waals surface area contributed by atoms with Crippen molar-refractivity contribution in [2.24, 2.45) is 18.9 Å². The van der Waals surface area contributed by atoms with Gasteiger partial charge in [0.1, 0.15) is 0 Å². The van der Waals surface area contributed by atoms with Crippen molar-refractivity contribution in [3.05, 3.63) is 24.3 Å². The van der Waals surface area contributed by atoms with Crippen molar-refractivity contribution >= 4 is 23.0 Å². The summed E-state index contributed by atoms with van der Waals surface area (Å²) in [6.07, 6.45) is 0.746. The van der Waals surface area contributed by atoms with Crippen molar-refractivity contribution in [3.63, 3.8) is 0 Å². The summed E-state index contributed by atoms with van der Waals surface area (Å²) in [5, 5.41) is 9.28. The molecule has 0 bridgehead atoms. The molecule has 0 saturated carbocycles. The zero-order chi connectivity index (χ0) is 14.3. The van der Waals surface area contributed by atoms with Crippen LogP contribution in [0.2, 0.25) is 0 Å². The zero-order valence-corrected chi connectivity index (χ0v) is 11.8. The van der Waals surface area contributed by atoms with Crippen LogP contribution < -0.4 is 4.90 Å². The lowest BCUT2D eigenvalue weighted by molar-refractivity contribution is -0.142. The van der Waals surface area contributed by atoms with E-state index in [1.807, 2.05) is 35.9 Å². The van der Waals surface area contributed by atoms with E-state index in [1.54, 1.807) is 0 Å². The number of carboxylic acids is 1. The third-order valence-electron chi connectivity index (χ3n) is 4.06. The van der Waals surface area contributed by atoms with Gasteiger partial charge in [0.05, 0.1) is 17.0 Å². The molecule has 20 heavy (non-hydrogen) atoms. The fourth-order valence-electron chi connectivity index (χ4n) is 3.11. The predicted octanol–water partition coefficient (Wildman–Crippen LogP) is 2.12. The minimum Gasteiger partial charge on any atom is -0.481 e. The van der Waals surface area contributed by atoms with Crippen LogP contribution in [0.4, 0.5) is 5.95 Å². The van der Waals surface area contributed by atoms with Gasteiger partial charge < -0.3 is 14.6 Å². The second-order valence-corrected chi connectivity index (χ2v) is 5.74. The Morgan fingerprint density at radius 3 is 2.80 bits per heavy atom. The molecule has 5 nitrogen and oxygen atoms in total. The number of imidazole rings is 1. The van der Waals surface area contributed by atoms with E-state index in [2.05, 4.69) is 16.8 Å². The summed E-state index contributed by atoms with van der Waals surface area (Å²) in [7, 11) is 1.99. The van der Waals surface area contributed by atoms with Crippen LogP contribution in [0.25, 0.3) is 11.0 Å². The Bertz CT molecular complexity index is 650. The van der Waals surface area contributed by atoms with E-state index in [0.717, 1.165) is 29.9 Å². The van der Waals surface area contributed by atoms with E-state index >= 15 is 0 Å². The third kappa shape index (κ3) is 2.13. The van der Waals surface area contributed by atoms with Gasteiger partial charge in [-0.25, -0.2) is 4.98 Å². The third-order valence-corrected chi connectivity index (χ3v) is 4.06. The lowest BCUT2D eigenvalue weighted by atomic mass is 9.91. The number of aromatic nitrogens is 2. The number of rotatable bonds is 2. The van der Waals surface area contributed by atoms with E-state index in [1.165, 1.54) is 0 Å². The highest BCUT2D eigenvalue weighted by molar-refractivity contribution is 5.79. The summed E-state index contributed by atoms with van der Waals surface area (Å²) in [6, 6.07) is 7.99. The van der Waals surface area contributed by atoms with Gasteiger partial charge in [-0.2, -0.15) is 0 Å². The first-order valence-electron chi connectivity index (χ1n) is 6.95. The Balaban J connectivity index is 1.97. The number of carbonyl (C=O) groups is 1. The highest BCUT2D eigenvalue weighted by Crippen LogP contribution is 2.28. The first-order valence-corrected chi connectivity index (χ1v) is 6.95. The summed E-state index contributed by atoms with van der Waals surface area (Å²) < 4.78 is 2.05. The molecule has 1 aromatic carbocycles. The topological polar surface area (TPSA) is 58.4 Å². The van der Waals surface area contributed by atoms with Crippen LogP contribution in [-0.4, -0.2) is 33.7 Å². The second-order valence-electron chi connectivity index (χ2n) is 5.74. The maximum Gasteiger partial charge on any atom is 0.308 e. The maximum absolute atomic E-state index is 11.3. The minimum absolute atomic E-state index is 0.307. The number of nitrogens with zero attached hydrogens (tertiary/aromatic N) is 3. The minimum atomic E-state index is -0.708. The smallest absolute Gasteiger partial charge is 0.308 e. The van der Waals surface area contributed by atoms with Crippen LogP contribution in [0.1, 0.15) is 13.3 Å². The van der Waals surface area contributed by atoms with E-state index in [-0.39, 0.29) is 5.92 Å². The number of carboxylic acid groups (broad SMARTS) is 1. The van der Waals surface area contributed by atoms with Crippen LogP contribution >= 0.6 is 0 Å². The number of hydrogen-bond donors (Lipinski definition) is 1. The van der Waals surface area contributed by atoms with E-state index < -0.39 is 5.97 Å². The quantitative estimate of drug-likeness (QED) is 0.910. The van der Waals surface area contributed by atoms with Gasteiger partial charge in [0.15, 0.2) is 0 Å². The molecule has 5 heteroatoms. The molecule has 106 valence electrons. The normalized spacial score (nSPS) is 23.2. The number of fused-ring (bicyclic) bond motifs is 1. The largest absolute Gasteiger partial charge is 0.481 e. The Hall–Kier alpha value is -2.04. The van der Waals surface area contributed by atoms with E-state index in [9.17, 15) is 9.90 Å². The molecule has 1 N–H and O–H groups in total. The average molecular weight is 273 g/mol. The molecular formula is C15H19N3O2. The van der Waals surface area contributed by atoms with Crippen molar-refractivity contribution in [1.82, 2.24) is 9.55 Å². The van der Waals surface area contributed by atoms with Gasteiger partial charge in [-0.3, -0.25) is 4.79 Å². The molecule has 0 spiro atoms. The molecule has 2 atom stereocenters. The van der Waals surface area contributed by atoms with Crippen LogP contribution in [0.3, 0.4) is 0 Å². The molecule has 3 rings (SSSR count). The molecule has 1 fully saturated rings. The van der Waals surface area contributed by atoms with E-state index in [4.69, 9.17) is 0 Å². The Morgan fingerprint density at radius 2 is 2.10 bits per heavy atom. The van der Waals surface area contributed by atoms with Crippen LogP contribution in [-0.2, 0) is 11.8 Å². The molecule has 0 radical (unpaired) electrons. The number of aliphatic carboxylic acids is 1. The van der Waals surface area contributed by atoms with Crippen molar-refractivity contribution < 1.29 is 9.90 Å². The highest BCUT2D eigenvalue weighted by atomic mass is 16.4. The SMILES string of the molecule is CC1CC(C(=O)O)CN(c2nc3ccccc3n2C)C1. The average Bonchev–Trinajstić information content (AvgIpc) is 2.76. The standard InChI is InChI=1S/C15H19N3O2/c1-10-7-11(14(19)20)9-18(8-10)15-16-12-5-3-4-6-13(12)17(15)2/h3-6,10-11H,7-9H2,1-2H3,(H,19,20). The van der Waals surface area contributed by atoms with Gasteiger partial charge in [0, 0.05) is 20.1 Å². The molecule has 1 saturated heterocycles. The predicted molar refractivity (Wildman–Crippen MR) is 77.8 cm³/mol. The van der Waals surface area contributed by atoms with Gasteiger partial charge in [0.2, 0.25) is 5.95 Å². The fraction of sp³-hybridized carbons (Fsp3) is 0.467. The van der Waals surface area contributed by atoms with Gasteiger partial charge >= 0.3 is 5.97 Å². The van der Waals surface area contributed by atoms with Crippen LogP contribution in [0.5, 0.6) is 0 Å². The van der Waals surface area contributed by atoms with Gasteiger partial charge in [-0.1, -0.05) is 19.1 Å². The first-order chi connectivity index (χ1) is 9.56. The number of benzene rings is 1. The summed E-state index contributed by atoms with van der Waals surface area (Å²) >= 11 is 0. The van der Waals surface area contributed by atoms with Crippen molar-refractivity contribution in [2.75, 3.05) is 18.0 Å². The molecule has 2 heterocycles. The molecule has 2 aromatic rings. The number of hydrogen-bond acceptors (Lipinski definition) is 3. The van der Waals surface area contributed by atoms with Crippen LogP contribution in [0, 0.1) is 11.8 Å². The Kier molecular flexibility index (Phi) is 3.12. The number of aryl methyl sites for hydroxylation is 1. The molecule has 1 aliphatic heterocycles. The monoisotopic (exact) mass is 273 g/mol. The number of piperidine rings is 1. The molecule has 2 unspecified atom stereocenters. The summed E-state index contributed by atoms with van der Waals surface area (Å²) in [5.41, 5.74) is 2.03. The van der Waals surface area contributed by atoms with Crippen molar-refractivity contribution in [2.45, 2.75) is 13.3 Å². The Labute approximate surface area is 117 Å². The lowest BCUT2D eigenvalue weighted by Gasteiger charge is -2.35. The highest BCUT2D eigenvalue weighted by Gasteiger charge is 2.31. The summed E-state index contributed by atoms with van der Waals surface area (Å²) in [4.78, 5) is 18.0. The maximum atomic E-state index is 11.3.